The molecule has 6 nitrogen and oxygen atoms in total. The zero-order valence-electron chi connectivity index (χ0n) is 19.1. The summed E-state index contributed by atoms with van der Waals surface area (Å²) in [6.45, 7) is 2.67. The number of carbonyl (C=O) groups is 1. The van der Waals surface area contributed by atoms with E-state index in [1.165, 1.54) is 19.1 Å². The topological polar surface area (TPSA) is 77.9 Å². The maximum Gasteiger partial charge on any atom is 0.430 e. The van der Waals surface area contributed by atoms with Crippen LogP contribution in [0.2, 0.25) is 0 Å². The monoisotopic (exact) mass is 538 g/mol. The molecule has 13 heteroatoms. The van der Waals surface area contributed by atoms with Gasteiger partial charge in [-0.25, -0.2) is 8.42 Å². The van der Waals surface area contributed by atoms with E-state index >= 15 is 0 Å². The van der Waals surface area contributed by atoms with Gasteiger partial charge in [0.05, 0.1) is 17.1 Å². The average Bonchev–Trinajstić information content (AvgIpc) is 2.82. The maximum atomic E-state index is 13.1. The summed E-state index contributed by atoms with van der Waals surface area (Å²) in [7, 11) is -3.35. The highest BCUT2D eigenvalue weighted by atomic mass is 32.2. The van der Waals surface area contributed by atoms with Crippen LogP contribution in [0.5, 0.6) is 0 Å². The number of anilines is 1. The molecule has 1 N–H and O–H groups in total. The van der Waals surface area contributed by atoms with E-state index in [0.717, 1.165) is 12.1 Å². The molecule has 36 heavy (non-hydrogen) atoms. The van der Waals surface area contributed by atoms with E-state index in [1.54, 1.807) is 21.9 Å². The summed E-state index contributed by atoms with van der Waals surface area (Å²) in [5, 5.41) is 9.50. The Morgan fingerprint density at radius 1 is 0.861 bits per heavy atom. The van der Waals surface area contributed by atoms with Crippen LogP contribution in [0, 0.1) is 0 Å². The molecule has 1 aliphatic heterocycles. The van der Waals surface area contributed by atoms with Crippen LogP contribution in [-0.2, 0) is 26.7 Å². The highest BCUT2D eigenvalue weighted by molar-refractivity contribution is 7.91. The second-order valence-corrected chi connectivity index (χ2v) is 10.6. The normalized spacial score (nSPS) is 15.8. The average molecular weight is 539 g/mol. The Hall–Kier alpha value is -2.80. The molecule has 1 heterocycles. The van der Waals surface area contributed by atoms with Gasteiger partial charge in [-0.3, -0.25) is 4.79 Å². The predicted octanol–water partition coefficient (Wildman–Crippen LogP) is 3.68. The van der Waals surface area contributed by atoms with Crippen LogP contribution in [0.1, 0.15) is 18.1 Å². The van der Waals surface area contributed by atoms with Gasteiger partial charge in [0.15, 0.2) is 9.84 Å². The summed E-state index contributed by atoms with van der Waals surface area (Å²) in [4.78, 5) is 16.1. The molecule has 2 aromatic carbocycles. The summed E-state index contributed by atoms with van der Waals surface area (Å²) < 4.78 is 102. The summed E-state index contributed by atoms with van der Waals surface area (Å²) in [6, 6.07) is 9.36. The Morgan fingerprint density at radius 2 is 1.36 bits per heavy atom. The first-order valence-corrected chi connectivity index (χ1v) is 12.6. The molecule has 0 saturated carbocycles. The molecular weight excluding hydrogens is 514 g/mol. The lowest BCUT2D eigenvalue weighted by atomic mass is 9.92. The van der Waals surface area contributed by atoms with Gasteiger partial charge in [0.25, 0.3) is 5.60 Å². The zero-order chi connectivity index (χ0) is 26.9. The fourth-order valence-corrected chi connectivity index (χ4v) is 4.77. The van der Waals surface area contributed by atoms with Gasteiger partial charge in [-0.1, -0.05) is 31.2 Å². The van der Waals surface area contributed by atoms with Gasteiger partial charge in [0, 0.05) is 37.4 Å². The Morgan fingerprint density at radius 3 is 1.81 bits per heavy atom. The first-order valence-electron chi connectivity index (χ1n) is 10.9. The van der Waals surface area contributed by atoms with Crippen LogP contribution in [0.15, 0.2) is 53.4 Å². The van der Waals surface area contributed by atoms with Crippen molar-refractivity contribution in [1.82, 2.24) is 4.90 Å². The lowest BCUT2D eigenvalue weighted by Gasteiger charge is -2.37. The van der Waals surface area contributed by atoms with Crippen LogP contribution in [0.3, 0.4) is 0 Å². The van der Waals surface area contributed by atoms with E-state index in [0.29, 0.717) is 36.5 Å². The summed E-state index contributed by atoms with van der Waals surface area (Å²) in [5.74, 6) is -0.236. The molecule has 1 amide bonds. The number of rotatable bonds is 6. The highest BCUT2D eigenvalue weighted by Gasteiger charge is 2.71. The first kappa shape index (κ1) is 27.8. The molecule has 2 aromatic rings. The van der Waals surface area contributed by atoms with Crippen LogP contribution in [0.4, 0.5) is 32.0 Å². The Kier molecular flexibility index (Phi) is 7.66. The van der Waals surface area contributed by atoms with Crippen molar-refractivity contribution >= 4 is 21.4 Å². The number of hydrogen-bond donors (Lipinski definition) is 1. The second-order valence-electron chi connectivity index (χ2n) is 8.34. The molecule has 1 saturated heterocycles. The Balaban J connectivity index is 1.62. The van der Waals surface area contributed by atoms with Crippen molar-refractivity contribution in [3.05, 3.63) is 59.7 Å². The molecule has 0 aliphatic carbocycles. The van der Waals surface area contributed by atoms with E-state index in [-0.39, 0.29) is 36.1 Å². The number of halogens is 6. The van der Waals surface area contributed by atoms with Gasteiger partial charge in [-0.15, -0.1) is 0 Å². The van der Waals surface area contributed by atoms with Crippen molar-refractivity contribution in [3.63, 3.8) is 0 Å². The molecule has 0 unspecified atom stereocenters. The summed E-state index contributed by atoms with van der Waals surface area (Å²) in [5.41, 5.74) is -5.33. The number of hydrogen-bond acceptors (Lipinski definition) is 5. The number of sulfone groups is 1. The summed E-state index contributed by atoms with van der Waals surface area (Å²) >= 11 is 0. The van der Waals surface area contributed by atoms with Crippen molar-refractivity contribution in [2.24, 2.45) is 0 Å². The van der Waals surface area contributed by atoms with Crippen molar-refractivity contribution in [2.45, 2.75) is 36.2 Å². The minimum Gasteiger partial charge on any atom is -0.369 e. The molecule has 0 aromatic heterocycles. The smallest absolute Gasteiger partial charge is 0.369 e. The van der Waals surface area contributed by atoms with Gasteiger partial charge < -0.3 is 14.9 Å². The number of amides is 1. The van der Waals surface area contributed by atoms with Crippen LogP contribution >= 0.6 is 0 Å². The van der Waals surface area contributed by atoms with Crippen molar-refractivity contribution in [1.29, 1.82) is 0 Å². The molecule has 0 bridgehead atoms. The van der Waals surface area contributed by atoms with Crippen molar-refractivity contribution in [2.75, 3.05) is 36.8 Å². The van der Waals surface area contributed by atoms with E-state index in [1.807, 2.05) is 0 Å². The third-order valence-corrected chi connectivity index (χ3v) is 7.87. The molecule has 0 radical (unpaired) electrons. The van der Waals surface area contributed by atoms with Gasteiger partial charge in [-0.05, 0) is 29.8 Å². The predicted molar refractivity (Wildman–Crippen MR) is 119 cm³/mol. The van der Waals surface area contributed by atoms with Crippen LogP contribution in [0.25, 0.3) is 0 Å². The van der Waals surface area contributed by atoms with E-state index in [2.05, 4.69) is 0 Å². The molecule has 198 valence electrons. The van der Waals surface area contributed by atoms with Gasteiger partial charge >= 0.3 is 12.4 Å². The molecule has 3 rings (SSSR count). The van der Waals surface area contributed by atoms with Gasteiger partial charge in [0.1, 0.15) is 0 Å². The SMILES string of the molecule is CCS(=O)(=O)c1ccc(CC(=O)N2CCN(c3ccc(C(O)(C(F)(F)F)C(F)(F)F)cc3)CC2)cc1. The quantitative estimate of drug-likeness (QED) is 0.568. The fourth-order valence-electron chi connectivity index (χ4n) is 3.88. The Labute approximate surface area is 204 Å². The Bertz CT molecular complexity index is 1160. The van der Waals surface area contributed by atoms with Gasteiger partial charge in [0.2, 0.25) is 5.91 Å². The number of carbonyl (C=O) groups excluding carboxylic acids is 1. The van der Waals surface area contributed by atoms with Gasteiger partial charge in [-0.2, -0.15) is 26.3 Å². The number of alkyl halides is 6. The second kappa shape index (κ2) is 9.92. The van der Waals surface area contributed by atoms with Crippen molar-refractivity contribution < 1.29 is 44.7 Å². The third kappa shape index (κ3) is 5.46. The highest BCUT2D eigenvalue weighted by Crippen LogP contribution is 2.50. The summed E-state index contributed by atoms with van der Waals surface area (Å²) in [6.07, 6.45) is -11.9. The molecule has 0 atom stereocenters. The lowest BCUT2D eigenvalue weighted by Crippen LogP contribution is -2.54. The largest absolute Gasteiger partial charge is 0.430 e. The lowest BCUT2D eigenvalue weighted by molar-refractivity contribution is -0.376. The van der Waals surface area contributed by atoms with Crippen LogP contribution < -0.4 is 4.90 Å². The van der Waals surface area contributed by atoms with E-state index in [9.17, 15) is 44.7 Å². The molecule has 0 spiro atoms. The van der Waals surface area contributed by atoms with E-state index < -0.39 is 33.4 Å². The zero-order valence-corrected chi connectivity index (χ0v) is 19.9. The number of aliphatic hydroxyl groups is 1. The first-order chi connectivity index (χ1) is 16.6. The fraction of sp³-hybridized carbons (Fsp3) is 0.435. The standard InChI is InChI=1S/C23H24F6N2O4S/c1-2-36(34,35)19-9-3-16(4-10-19)15-20(32)31-13-11-30(12-14-31)18-7-5-17(6-8-18)21(33,22(24,25)26)23(27,28)29/h3-10,33H,2,11-15H2,1H3. The minimum atomic E-state index is -5.96. The maximum absolute atomic E-state index is 13.1. The number of nitrogens with zero attached hydrogens (tertiary/aromatic N) is 2. The number of benzene rings is 2. The van der Waals surface area contributed by atoms with Crippen molar-refractivity contribution in [3.8, 4) is 0 Å². The van der Waals surface area contributed by atoms with E-state index in [4.69, 9.17) is 0 Å². The third-order valence-electron chi connectivity index (χ3n) is 6.12. The molecule has 1 aliphatic rings. The molecule has 1 fully saturated rings. The molecular formula is C23H24F6N2O4S. The number of piperazine rings is 1. The van der Waals surface area contributed by atoms with Crippen LogP contribution in [-0.4, -0.2) is 68.6 Å². The minimum absolute atomic E-state index is 0.0379.